The summed E-state index contributed by atoms with van der Waals surface area (Å²) in [4.78, 5) is 28.4. The molecular weight excluding hydrogens is 414 g/mol. The standard InChI is InChI=1S/C23H35N3O4S/c1-5-13-31(29,30)25-15-21(27)26(20-12-11-17(2)18(3)14-20)23(4,16-25)22(28)24-19-9-7-6-8-10-19/h11-12,14,19H,5-10,13,15-16H2,1-4H3,(H,24,28)/t23-/m0/s1. The van der Waals surface area contributed by atoms with E-state index in [1.807, 2.05) is 32.0 Å². The van der Waals surface area contributed by atoms with E-state index < -0.39 is 15.6 Å². The second-order valence-electron chi connectivity index (χ2n) is 9.16. The first-order chi connectivity index (χ1) is 14.6. The van der Waals surface area contributed by atoms with Crippen molar-refractivity contribution in [1.29, 1.82) is 0 Å². The fraction of sp³-hybridized carbons (Fsp3) is 0.652. The molecule has 0 spiro atoms. The number of benzene rings is 1. The van der Waals surface area contributed by atoms with E-state index in [9.17, 15) is 18.0 Å². The van der Waals surface area contributed by atoms with Crippen molar-refractivity contribution in [3.05, 3.63) is 29.3 Å². The number of nitrogens with zero attached hydrogens (tertiary/aromatic N) is 2. The molecule has 1 atom stereocenters. The van der Waals surface area contributed by atoms with Crippen LogP contribution in [0.3, 0.4) is 0 Å². The highest BCUT2D eigenvalue weighted by atomic mass is 32.2. The zero-order chi connectivity index (χ0) is 22.8. The summed E-state index contributed by atoms with van der Waals surface area (Å²) in [6, 6.07) is 5.73. The van der Waals surface area contributed by atoms with E-state index in [4.69, 9.17) is 0 Å². The molecule has 0 bridgehead atoms. The number of nitrogens with one attached hydrogen (secondary N) is 1. The quantitative estimate of drug-likeness (QED) is 0.723. The lowest BCUT2D eigenvalue weighted by Gasteiger charge is -2.47. The summed E-state index contributed by atoms with van der Waals surface area (Å²) in [5.74, 6) is -0.706. The van der Waals surface area contributed by atoms with Gasteiger partial charge >= 0.3 is 0 Å². The number of rotatable bonds is 6. The van der Waals surface area contributed by atoms with Crippen LogP contribution in [0.15, 0.2) is 18.2 Å². The van der Waals surface area contributed by atoms with Gasteiger partial charge in [0.2, 0.25) is 21.8 Å². The lowest BCUT2D eigenvalue weighted by molar-refractivity contribution is -0.133. The summed E-state index contributed by atoms with van der Waals surface area (Å²) in [5, 5.41) is 3.13. The first-order valence-electron chi connectivity index (χ1n) is 11.3. The number of carbonyl (C=O) groups is 2. The average Bonchev–Trinajstić information content (AvgIpc) is 2.71. The Labute approximate surface area is 186 Å². The van der Waals surface area contributed by atoms with E-state index in [1.54, 1.807) is 13.8 Å². The number of hydrogen-bond acceptors (Lipinski definition) is 4. The van der Waals surface area contributed by atoms with Crippen molar-refractivity contribution in [1.82, 2.24) is 9.62 Å². The van der Waals surface area contributed by atoms with Gasteiger partial charge in [0.25, 0.3) is 0 Å². The Bertz CT molecular complexity index is 940. The SMILES string of the molecule is CCCS(=O)(=O)N1CC(=O)N(c2ccc(C)c(C)c2)[C@](C)(C(=O)NC2CCCCC2)C1. The Morgan fingerprint density at radius 3 is 2.45 bits per heavy atom. The van der Waals surface area contributed by atoms with E-state index in [0.717, 1.165) is 36.8 Å². The third kappa shape index (κ3) is 4.95. The number of piperazine rings is 1. The van der Waals surface area contributed by atoms with Crippen molar-refractivity contribution in [2.45, 2.75) is 77.8 Å². The van der Waals surface area contributed by atoms with Crippen LogP contribution < -0.4 is 10.2 Å². The molecule has 0 unspecified atom stereocenters. The summed E-state index contributed by atoms with van der Waals surface area (Å²) in [6.45, 7) is 7.13. The van der Waals surface area contributed by atoms with Crippen LogP contribution in [0.25, 0.3) is 0 Å². The van der Waals surface area contributed by atoms with Crippen LogP contribution in [0.5, 0.6) is 0 Å². The van der Waals surface area contributed by atoms with Gasteiger partial charge in [0.15, 0.2) is 0 Å². The fourth-order valence-electron chi connectivity index (χ4n) is 4.61. The Hall–Kier alpha value is -1.93. The number of aryl methyl sites for hydroxylation is 2. The van der Waals surface area contributed by atoms with E-state index >= 15 is 0 Å². The first kappa shape index (κ1) is 23.7. The lowest BCUT2D eigenvalue weighted by Crippen LogP contribution is -2.71. The molecule has 1 saturated heterocycles. The van der Waals surface area contributed by atoms with Gasteiger partial charge in [0.05, 0.1) is 12.3 Å². The van der Waals surface area contributed by atoms with Crippen LogP contribution in [-0.4, -0.2) is 55.0 Å². The molecule has 0 radical (unpaired) electrons. The van der Waals surface area contributed by atoms with E-state index in [1.165, 1.54) is 15.6 Å². The smallest absolute Gasteiger partial charge is 0.247 e. The van der Waals surface area contributed by atoms with Crippen molar-refractivity contribution in [2.75, 3.05) is 23.7 Å². The van der Waals surface area contributed by atoms with Gasteiger partial charge in [-0.1, -0.05) is 32.3 Å². The minimum Gasteiger partial charge on any atom is -0.351 e. The number of amides is 2. The highest BCUT2D eigenvalue weighted by Gasteiger charge is 2.51. The largest absolute Gasteiger partial charge is 0.351 e. The predicted octanol–water partition coefficient (Wildman–Crippen LogP) is 2.90. The number of sulfonamides is 1. The minimum absolute atomic E-state index is 0.0375. The van der Waals surface area contributed by atoms with Crippen LogP contribution in [0.4, 0.5) is 5.69 Å². The van der Waals surface area contributed by atoms with Gasteiger partial charge < -0.3 is 5.32 Å². The van der Waals surface area contributed by atoms with Gasteiger partial charge in [-0.3, -0.25) is 14.5 Å². The Balaban J connectivity index is 1.99. The molecule has 172 valence electrons. The Morgan fingerprint density at radius 1 is 1.16 bits per heavy atom. The zero-order valence-corrected chi connectivity index (χ0v) is 19.9. The highest BCUT2D eigenvalue weighted by molar-refractivity contribution is 7.89. The molecule has 1 N–H and O–H groups in total. The maximum atomic E-state index is 13.6. The van der Waals surface area contributed by atoms with Crippen molar-refractivity contribution in [2.24, 2.45) is 0 Å². The topological polar surface area (TPSA) is 86.8 Å². The monoisotopic (exact) mass is 449 g/mol. The van der Waals surface area contributed by atoms with Crippen molar-refractivity contribution in [3.63, 3.8) is 0 Å². The fourth-order valence-corrected chi connectivity index (χ4v) is 6.13. The van der Waals surface area contributed by atoms with E-state index in [0.29, 0.717) is 12.1 Å². The molecule has 3 rings (SSSR count). The molecular formula is C23H35N3O4S. The van der Waals surface area contributed by atoms with Crippen molar-refractivity contribution < 1.29 is 18.0 Å². The summed E-state index contributed by atoms with van der Waals surface area (Å²) in [7, 11) is -3.62. The van der Waals surface area contributed by atoms with Crippen molar-refractivity contribution in [3.8, 4) is 0 Å². The molecule has 7 nitrogen and oxygen atoms in total. The predicted molar refractivity (Wildman–Crippen MR) is 122 cm³/mol. The maximum Gasteiger partial charge on any atom is 0.247 e. The van der Waals surface area contributed by atoms with Crippen LogP contribution >= 0.6 is 0 Å². The normalized spacial score (nSPS) is 23.7. The van der Waals surface area contributed by atoms with Gasteiger partial charge in [-0.05, 0) is 63.3 Å². The molecule has 2 fully saturated rings. The molecule has 1 saturated carbocycles. The minimum atomic E-state index is -3.62. The van der Waals surface area contributed by atoms with Crippen LogP contribution in [0.2, 0.25) is 0 Å². The molecule has 2 aliphatic rings. The molecule has 0 aromatic heterocycles. The first-order valence-corrected chi connectivity index (χ1v) is 12.9. The highest BCUT2D eigenvalue weighted by Crippen LogP contribution is 2.32. The third-order valence-corrected chi connectivity index (χ3v) is 8.54. The summed E-state index contributed by atoms with van der Waals surface area (Å²) < 4.78 is 26.8. The summed E-state index contributed by atoms with van der Waals surface area (Å²) >= 11 is 0. The molecule has 1 aromatic carbocycles. The summed E-state index contributed by atoms with van der Waals surface area (Å²) in [5.41, 5.74) is 1.41. The van der Waals surface area contributed by atoms with Gasteiger partial charge in [0, 0.05) is 18.3 Å². The number of anilines is 1. The molecule has 1 aliphatic carbocycles. The van der Waals surface area contributed by atoms with Crippen LogP contribution in [0, 0.1) is 13.8 Å². The van der Waals surface area contributed by atoms with Gasteiger partial charge in [-0.15, -0.1) is 0 Å². The lowest BCUT2D eigenvalue weighted by atomic mass is 9.91. The Morgan fingerprint density at radius 2 is 1.84 bits per heavy atom. The molecule has 1 heterocycles. The van der Waals surface area contributed by atoms with Gasteiger partial charge in [-0.25, -0.2) is 8.42 Å². The molecule has 31 heavy (non-hydrogen) atoms. The number of hydrogen-bond donors (Lipinski definition) is 1. The maximum absolute atomic E-state index is 13.6. The third-order valence-electron chi connectivity index (χ3n) is 6.57. The second kappa shape index (κ2) is 9.28. The number of carbonyl (C=O) groups excluding carboxylic acids is 2. The van der Waals surface area contributed by atoms with E-state index in [2.05, 4.69) is 5.32 Å². The van der Waals surface area contributed by atoms with Crippen LogP contribution in [-0.2, 0) is 19.6 Å². The molecule has 1 aliphatic heterocycles. The Kier molecular flexibility index (Phi) is 7.11. The van der Waals surface area contributed by atoms with Gasteiger partial charge in [0.1, 0.15) is 5.54 Å². The van der Waals surface area contributed by atoms with E-state index in [-0.39, 0.29) is 36.7 Å². The molecule has 1 aromatic rings. The van der Waals surface area contributed by atoms with Crippen LogP contribution in [0.1, 0.15) is 63.5 Å². The summed E-state index contributed by atoms with van der Waals surface area (Å²) in [6.07, 6.45) is 5.59. The second-order valence-corrected chi connectivity index (χ2v) is 11.3. The zero-order valence-electron chi connectivity index (χ0n) is 19.1. The molecule has 8 heteroatoms. The molecule has 2 amide bonds. The van der Waals surface area contributed by atoms with Crippen molar-refractivity contribution >= 4 is 27.5 Å². The average molecular weight is 450 g/mol. The van der Waals surface area contributed by atoms with Gasteiger partial charge in [-0.2, -0.15) is 4.31 Å².